The number of amides is 1. The first-order chi connectivity index (χ1) is 15.7. The number of carbonyl (C=O) groups excluding carboxylic acids is 1. The molecular formula is C23H16N6O2S. The third kappa shape index (κ3) is 3.61. The fourth-order valence-electron chi connectivity index (χ4n) is 3.28. The second-order valence-electron chi connectivity index (χ2n) is 6.77. The van der Waals surface area contributed by atoms with Crippen molar-refractivity contribution < 1.29 is 4.79 Å². The predicted octanol–water partition coefficient (Wildman–Crippen LogP) is 3.40. The Hall–Kier alpha value is -4.37. The smallest absolute Gasteiger partial charge is 0.265 e. The van der Waals surface area contributed by atoms with E-state index in [0.717, 1.165) is 4.88 Å². The number of benzene rings is 2. The molecule has 0 fully saturated rings. The van der Waals surface area contributed by atoms with Crippen molar-refractivity contribution in [1.82, 2.24) is 25.0 Å². The third-order valence-corrected chi connectivity index (χ3v) is 5.54. The Kier molecular flexibility index (Phi) is 5.14. The van der Waals surface area contributed by atoms with Crippen molar-refractivity contribution in [3.8, 4) is 11.4 Å². The van der Waals surface area contributed by atoms with Crippen LogP contribution < -0.4 is 11.0 Å². The van der Waals surface area contributed by atoms with Gasteiger partial charge in [0.25, 0.3) is 11.5 Å². The van der Waals surface area contributed by atoms with Gasteiger partial charge >= 0.3 is 0 Å². The summed E-state index contributed by atoms with van der Waals surface area (Å²) >= 11 is 1.50. The lowest BCUT2D eigenvalue weighted by Crippen LogP contribution is -2.28. The van der Waals surface area contributed by atoms with Gasteiger partial charge in [-0.3, -0.25) is 9.59 Å². The number of thiophene rings is 1. The van der Waals surface area contributed by atoms with Crippen LogP contribution in [0.15, 0.2) is 94.3 Å². The second-order valence-corrected chi connectivity index (χ2v) is 7.75. The van der Waals surface area contributed by atoms with Gasteiger partial charge in [-0.15, -0.1) is 11.3 Å². The van der Waals surface area contributed by atoms with Crippen LogP contribution in [0.1, 0.15) is 15.4 Å². The minimum Gasteiger partial charge on any atom is -0.265 e. The van der Waals surface area contributed by atoms with Crippen molar-refractivity contribution in [2.24, 2.45) is 5.10 Å². The molecule has 1 amide bonds. The van der Waals surface area contributed by atoms with Crippen molar-refractivity contribution in [2.75, 3.05) is 0 Å². The summed E-state index contributed by atoms with van der Waals surface area (Å²) in [6, 6.07) is 22.0. The molecule has 0 radical (unpaired) electrons. The standard InChI is InChI=1S/C23H16N6O2S/c30-22(26-24-14-18-12-7-13-32-18)20-19-15-25-28(16-8-3-1-4-9-16)21(19)23(31)29(27-20)17-10-5-2-6-11-17/h1-15H,(H,26,30)/b24-14+. The molecule has 0 atom stereocenters. The molecule has 0 aliphatic carbocycles. The highest BCUT2D eigenvalue weighted by atomic mass is 32.1. The molecule has 0 saturated carbocycles. The molecule has 5 aromatic rings. The van der Waals surface area contributed by atoms with Crippen LogP contribution in [0.25, 0.3) is 22.3 Å². The summed E-state index contributed by atoms with van der Waals surface area (Å²) in [6.07, 6.45) is 3.03. The Labute approximate surface area is 186 Å². The van der Waals surface area contributed by atoms with E-state index in [1.807, 2.05) is 53.9 Å². The number of nitrogens with zero attached hydrogens (tertiary/aromatic N) is 5. The normalized spacial score (nSPS) is 11.2. The predicted molar refractivity (Wildman–Crippen MR) is 124 cm³/mol. The average molecular weight is 440 g/mol. The molecule has 1 N–H and O–H groups in total. The van der Waals surface area contributed by atoms with Gasteiger partial charge in [0.15, 0.2) is 5.69 Å². The van der Waals surface area contributed by atoms with Crippen molar-refractivity contribution in [3.05, 3.63) is 105 Å². The van der Waals surface area contributed by atoms with Gasteiger partial charge < -0.3 is 0 Å². The molecule has 3 heterocycles. The maximum absolute atomic E-state index is 13.4. The lowest BCUT2D eigenvalue weighted by Gasteiger charge is -2.09. The maximum atomic E-state index is 13.4. The number of hydrogen-bond acceptors (Lipinski definition) is 6. The summed E-state index contributed by atoms with van der Waals surface area (Å²) in [5.41, 5.74) is 3.66. The van der Waals surface area contributed by atoms with Crippen LogP contribution in [0.2, 0.25) is 0 Å². The molecule has 32 heavy (non-hydrogen) atoms. The highest BCUT2D eigenvalue weighted by Gasteiger charge is 2.21. The first-order valence-electron chi connectivity index (χ1n) is 9.71. The van der Waals surface area contributed by atoms with E-state index in [4.69, 9.17) is 0 Å². The third-order valence-electron chi connectivity index (χ3n) is 4.74. The van der Waals surface area contributed by atoms with Crippen molar-refractivity contribution in [3.63, 3.8) is 0 Å². The molecule has 0 saturated heterocycles. The van der Waals surface area contributed by atoms with Gasteiger partial charge in [-0.2, -0.15) is 20.0 Å². The lowest BCUT2D eigenvalue weighted by atomic mass is 10.2. The van der Waals surface area contributed by atoms with Gasteiger partial charge in [-0.05, 0) is 35.7 Å². The van der Waals surface area contributed by atoms with E-state index in [-0.39, 0.29) is 16.8 Å². The molecule has 0 aliphatic heterocycles. The van der Waals surface area contributed by atoms with E-state index >= 15 is 0 Å². The van der Waals surface area contributed by atoms with E-state index < -0.39 is 5.91 Å². The Bertz CT molecular complexity index is 1470. The highest BCUT2D eigenvalue weighted by molar-refractivity contribution is 7.11. The summed E-state index contributed by atoms with van der Waals surface area (Å²) in [5.74, 6) is -0.542. The summed E-state index contributed by atoms with van der Waals surface area (Å²) < 4.78 is 2.73. The van der Waals surface area contributed by atoms with Crippen molar-refractivity contribution in [2.45, 2.75) is 0 Å². The fourth-order valence-corrected chi connectivity index (χ4v) is 3.86. The Morgan fingerprint density at radius 1 is 0.938 bits per heavy atom. The quantitative estimate of drug-likeness (QED) is 0.335. The topological polar surface area (TPSA) is 94.2 Å². The summed E-state index contributed by atoms with van der Waals surface area (Å²) in [5, 5.41) is 15.0. The zero-order valence-electron chi connectivity index (χ0n) is 16.6. The lowest BCUT2D eigenvalue weighted by molar-refractivity contribution is 0.0950. The van der Waals surface area contributed by atoms with Crippen molar-refractivity contribution in [1.29, 1.82) is 0 Å². The summed E-state index contributed by atoms with van der Waals surface area (Å²) in [7, 11) is 0. The van der Waals surface area contributed by atoms with Crippen LogP contribution in [0.4, 0.5) is 0 Å². The van der Waals surface area contributed by atoms with Crippen LogP contribution in [0.3, 0.4) is 0 Å². The molecule has 0 bridgehead atoms. The van der Waals surface area contributed by atoms with Crippen LogP contribution in [0, 0.1) is 0 Å². The van der Waals surface area contributed by atoms with Gasteiger partial charge in [0.1, 0.15) is 5.52 Å². The number of rotatable bonds is 5. The second kappa shape index (κ2) is 8.40. The Balaban J connectivity index is 1.66. The molecule has 2 aromatic carbocycles. The van der Waals surface area contributed by atoms with Crippen LogP contribution in [0.5, 0.6) is 0 Å². The first-order valence-corrected chi connectivity index (χ1v) is 10.6. The SMILES string of the molecule is O=C(N/N=C/c1cccs1)c1nn(-c2ccccc2)c(=O)c2c1cnn2-c1ccccc1. The minimum absolute atomic E-state index is 0.0500. The minimum atomic E-state index is -0.542. The highest BCUT2D eigenvalue weighted by Crippen LogP contribution is 2.19. The van der Waals surface area contributed by atoms with E-state index in [9.17, 15) is 9.59 Å². The maximum Gasteiger partial charge on any atom is 0.298 e. The molecule has 9 heteroatoms. The number of aromatic nitrogens is 4. The Morgan fingerprint density at radius 2 is 1.62 bits per heavy atom. The van der Waals surface area contributed by atoms with E-state index in [1.165, 1.54) is 26.9 Å². The fraction of sp³-hybridized carbons (Fsp3) is 0. The molecule has 156 valence electrons. The number of hydrogen-bond donors (Lipinski definition) is 1. The molecule has 5 rings (SSSR count). The number of fused-ring (bicyclic) bond motifs is 1. The number of nitrogens with one attached hydrogen (secondary N) is 1. The first kappa shape index (κ1) is 19.6. The average Bonchev–Trinajstić information content (AvgIpc) is 3.51. The molecule has 8 nitrogen and oxygen atoms in total. The number of hydrazone groups is 1. The Morgan fingerprint density at radius 3 is 2.28 bits per heavy atom. The van der Waals surface area contributed by atoms with Crippen LogP contribution in [-0.4, -0.2) is 31.7 Å². The molecule has 0 spiro atoms. The van der Waals surface area contributed by atoms with Crippen LogP contribution >= 0.6 is 11.3 Å². The van der Waals surface area contributed by atoms with Crippen molar-refractivity contribution >= 4 is 34.4 Å². The van der Waals surface area contributed by atoms with Gasteiger partial charge in [-0.1, -0.05) is 42.5 Å². The van der Waals surface area contributed by atoms with Gasteiger partial charge in [0, 0.05) is 4.88 Å². The number of para-hydroxylation sites is 2. The zero-order chi connectivity index (χ0) is 21.9. The molecular weight excluding hydrogens is 424 g/mol. The van der Waals surface area contributed by atoms with Crippen LogP contribution in [-0.2, 0) is 0 Å². The summed E-state index contributed by atoms with van der Waals surface area (Å²) in [6.45, 7) is 0. The van der Waals surface area contributed by atoms with E-state index in [0.29, 0.717) is 16.8 Å². The van der Waals surface area contributed by atoms with E-state index in [2.05, 4.69) is 20.7 Å². The van der Waals surface area contributed by atoms with Gasteiger partial charge in [-0.25, -0.2) is 10.1 Å². The van der Waals surface area contributed by atoms with Gasteiger partial charge in [0.05, 0.1) is 29.2 Å². The van der Waals surface area contributed by atoms with Gasteiger partial charge in [0.2, 0.25) is 0 Å². The molecule has 0 aliphatic rings. The molecule has 3 aromatic heterocycles. The summed E-state index contributed by atoms with van der Waals surface area (Å²) in [4.78, 5) is 27.3. The zero-order valence-corrected chi connectivity index (χ0v) is 17.4. The number of carbonyl (C=O) groups is 1. The monoisotopic (exact) mass is 440 g/mol. The molecule has 0 unspecified atom stereocenters. The van der Waals surface area contributed by atoms with E-state index in [1.54, 1.807) is 30.5 Å². The largest absolute Gasteiger partial charge is 0.298 e.